The largest absolute Gasteiger partial charge is 0.338 e. The summed E-state index contributed by atoms with van der Waals surface area (Å²) in [6.45, 7) is 6.44. The number of amides is 2. The summed E-state index contributed by atoms with van der Waals surface area (Å²) in [5, 5.41) is 9.50. The number of nitrogens with one attached hydrogen (secondary N) is 2. The van der Waals surface area contributed by atoms with Crippen LogP contribution in [0.25, 0.3) is 11.5 Å². The van der Waals surface area contributed by atoms with Gasteiger partial charge in [0.15, 0.2) is 5.82 Å². The van der Waals surface area contributed by atoms with E-state index in [1.807, 2.05) is 45.0 Å². The maximum absolute atomic E-state index is 11.5. The topological polar surface area (TPSA) is 80.0 Å². The lowest BCUT2D eigenvalue weighted by Gasteiger charge is -2.10. The monoisotopic (exact) mass is 302 g/mol. The number of carbonyl (C=O) groups excluding carboxylic acids is 1. The highest BCUT2D eigenvalue weighted by Crippen LogP contribution is 2.18. The first-order valence-electron chi connectivity index (χ1n) is 7.54. The first-order valence-corrected chi connectivity index (χ1v) is 7.54. The van der Waals surface area contributed by atoms with Crippen LogP contribution in [-0.2, 0) is 12.8 Å². The second-order valence-corrected chi connectivity index (χ2v) is 5.37. The van der Waals surface area contributed by atoms with Crippen LogP contribution in [0.1, 0.15) is 32.2 Å². The molecule has 0 saturated carbocycles. The number of carbonyl (C=O) groups is 1. The fourth-order valence-electron chi connectivity index (χ4n) is 1.96. The van der Waals surface area contributed by atoms with E-state index in [2.05, 4.69) is 20.8 Å². The van der Waals surface area contributed by atoms with Crippen LogP contribution in [0.5, 0.6) is 0 Å². The van der Waals surface area contributed by atoms with Crippen molar-refractivity contribution in [3.05, 3.63) is 35.7 Å². The molecule has 1 aromatic carbocycles. The van der Waals surface area contributed by atoms with Crippen molar-refractivity contribution in [2.24, 2.45) is 0 Å². The molecule has 6 nitrogen and oxygen atoms in total. The second-order valence-electron chi connectivity index (χ2n) is 5.37. The van der Waals surface area contributed by atoms with Gasteiger partial charge in [-0.2, -0.15) is 4.98 Å². The predicted molar refractivity (Wildman–Crippen MR) is 84.5 cm³/mol. The Balaban J connectivity index is 1.85. The Morgan fingerprint density at radius 1 is 1.27 bits per heavy atom. The molecular weight excluding hydrogens is 280 g/mol. The lowest BCUT2D eigenvalue weighted by molar-refractivity contribution is 0.238. The number of aryl methyl sites for hydroxylation is 1. The second kappa shape index (κ2) is 7.59. The zero-order chi connectivity index (χ0) is 15.9. The van der Waals surface area contributed by atoms with E-state index >= 15 is 0 Å². The van der Waals surface area contributed by atoms with Crippen molar-refractivity contribution in [3.8, 4) is 11.5 Å². The highest BCUT2D eigenvalue weighted by molar-refractivity contribution is 5.74. The van der Waals surface area contributed by atoms with Crippen molar-refractivity contribution in [1.29, 1.82) is 0 Å². The smallest absolute Gasteiger partial charge is 0.314 e. The van der Waals surface area contributed by atoms with E-state index in [1.165, 1.54) is 0 Å². The number of nitrogens with zero attached hydrogens (tertiary/aromatic N) is 2. The highest BCUT2D eigenvalue weighted by Gasteiger charge is 2.07. The normalized spacial score (nSPS) is 10.7. The highest BCUT2D eigenvalue weighted by atomic mass is 16.5. The molecule has 22 heavy (non-hydrogen) atoms. The molecule has 118 valence electrons. The summed E-state index contributed by atoms with van der Waals surface area (Å²) < 4.78 is 5.20. The zero-order valence-corrected chi connectivity index (χ0v) is 13.2. The van der Waals surface area contributed by atoms with Gasteiger partial charge in [-0.15, -0.1) is 0 Å². The van der Waals surface area contributed by atoms with Gasteiger partial charge in [0, 0.05) is 24.6 Å². The molecule has 2 amide bonds. The number of aromatic nitrogens is 2. The molecule has 0 atom stereocenters. The van der Waals surface area contributed by atoms with Crippen molar-refractivity contribution in [2.45, 2.75) is 39.7 Å². The molecule has 1 heterocycles. The lowest BCUT2D eigenvalue weighted by Crippen LogP contribution is -2.40. The third kappa shape index (κ3) is 4.58. The van der Waals surface area contributed by atoms with Crippen molar-refractivity contribution < 1.29 is 9.32 Å². The Morgan fingerprint density at radius 2 is 2.00 bits per heavy atom. The van der Waals surface area contributed by atoms with Crippen molar-refractivity contribution in [3.63, 3.8) is 0 Å². The van der Waals surface area contributed by atoms with Gasteiger partial charge < -0.3 is 15.2 Å². The summed E-state index contributed by atoms with van der Waals surface area (Å²) in [4.78, 5) is 15.8. The SMILES string of the molecule is CCc1noc(-c2ccc(CCNC(=O)NC(C)C)cc2)n1. The van der Waals surface area contributed by atoms with E-state index in [9.17, 15) is 4.79 Å². The van der Waals surface area contributed by atoms with E-state index in [-0.39, 0.29) is 12.1 Å². The maximum atomic E-state index is 11.5. The molecule has 0 aliphatic rings. The van der Waals surface area contributed by atoms with Crippen LogP contribution in [0, 0.1) is 0 Å². The van der Waals surface area contributed by atoms with Gasteiger partial charge in [0.2, 0.25) is 0 Å². The number of hydrogen-bond donors (Lipinski definition) is 2. The standard InChI is InChI=1S/C16H22N4O2/c1-4-14-19-15(22-20-14)13-7-5-12(6-8-13)9-10-17-16(21)18-11(2)3/h5-8,11H,4,9-10H2,1-3H3,(H2,17,18,21). The van der Waals surface area contributed by atoms with E-state index < -0.39 is 0 Å². The van der Waals surface area contributed by atoms with Crippen molar-refractivity contribution in [2.75, 3.05) is 6.54 Å². The van der Waals surface area contributed by atoms with E-state index in [0.29, 0.717) is 18.3 Å². The van der Waals surface area contributed by atoms with Gasteiger partial charge in [-0.05, 0) is 38.0 Å². The van der Waals surface area contributed by atoms with Crippen LogP contribution in [0.15, 0.2) is 28.8 Å². The van der Waals surface area contributed by atoms with Gasteiger partial charge in [-0.25, -0.2) is 4.79 Å². The summed E-state index contributed by atoms with van der Waals surface area (Å²) in [6.07, 6.45) is 1.53. The average Bonchev–Trinajstić information content (AvgIpc) is 2.96. The molecule has 1 aromatic heterocycles. The fourth-order valence-corrected chi connectivity index (χ4v) is 1.96. The molecule has 6 heteroatoms. The van der Waals surface area contributed by atoms with Gasteiger partial charge in [0.05, 0.1) is 0 Å². The number of rotatable bonds is 6. The van der Waals surface area contributed by atoms with Gasteiger partial charge in [0.25, 0.3) is 5.89 Å². The van der Waals surface area contributed by atoms with E-state index in [4.69, 9.17) is 4.52 Å². The lowest BCUT2D eigenvalue weighted by atomic mass is 10.1. The summed E-state index contributed by atoms with van der Waals surface area (Å²) in [6, 6.07) is 7.93. The maximum Gasteiger partial charge on any atom is 0.314 e. The predicted octanol–water partition coefficient (Wildman–Crippen LogP) is 2.55. The van der Waals surface area contributed by atoms with Crippen LogP contribution in [-0.4, -0.2) is 28.8 Å². The van der Waals surface area contributed by atoms with Crippen molar-refractivity contribution >= 4 is 6.03 Å². The fraction of sp³-hybridized carbons (Fsp3) is 0.438. The zero-order valence-electron chi connectivity index (χ0n) is 13.2. The van der Waals surface area contributed by atoms with Crippen molar-refractivity contribution in [1.82, 2.24) is 20.8 Å². The minimum atomic E-state index is -0.135. The molecule has 0 radical (unpaired) electrons. The van der Waals surface area contributed by atoms with E-state index in [1.54, 1.807) is 0 Å². The van der Waals surface area contributed by atoms with Gasteiger partial charge in [0.1, 0.15) is 0 Å². The third-order valence-corrected chi connectivity index (χ3v) is 3.10. The van der Waals surface area contributed by atoms with Crippen LogP contribution >= 0.6 is 0 Å². The Labute approximate surface area is 130 Å². The van der Waals surface area contributed by atoms with Gasteiger partial charge >= 0.3 is 6.03 Å². The summed E-state index contributed by atoms with van der Waals surface area (Å²) in [5.41, 5.74) is 2.05. The average molecular weight is 302 g/mol. The Hall–Kier alpha value is -2.37. The van der Waals surface area contributed by atoms with Crippen LogP contribution in [0.2, 0.25) is 0 Å². The third-order valence-electron chi connectivity index (χ3n) is 3.10. The molecule has 0 aliphatic carbocycles. The quantitative estimate of drug-likeness (QED) is 0.859. The molecule has 2 N–H and O–H groups in total. The first kappa shape index (κ1) is 16.0. The molecule has 0 aliphatic heterocycles. The number of hydrogen-bond acceptors (Lipinski definition) is 4. The van der Waals surface area contributed by atoms with Gasteiger partial charge in [-0.3, -0.25) is 0 Å². The molecule has 0 bridgehead atoms. The number of urea groups is 1. The Bertz CT molecular complexity index is 605. The Morgan fingerprint density at radius 3 is 2.59 bits per heavy atom. The summed E-state index contributed by atoms with van der Waals surface area (Å²) in [7, 11) is 0. The van der Waals surface area contributed by atoms with E-state index in [0.717, 1.165) is 24.0 Å². The molecule has 2 rings (SSSR count). The molecule has 0 saturated heterocycles. The molecule has 2 aromatic rings. The summed E-state index contributed by atoms with van der Waals surface area (Å²) in [5.74, 6) is 1.25. The Kier molecular flexibility index (Phi) is 5.52. The molecule has 0 fully saturated rings. The minimum Gasteiger partial charge on any atom is -0.338 e. The molecule has 0 unspecified atom stereocenters. The van der Waals surface area contributed by atoms with Gasteiger partial charge in [-0.1, -0.05) is 24.2 Å². The molecule has 0 spiro atoms. The minimum absolute atomic E-state index is 0.135. The van der Waals surface area contributed by atoms with Crippen LogP contribution in [0.4, 0.5) is 4.79 Å². The summed E-state index contributed by atoms with van der Waals surface area (Å²) >= 11 is 0. The van der Waals surface area contributed by atoms with Crippen LogP contribution in [0.3, 0.4) is 0 Å². The molecular formula is C16H22N4O2. The first-order chi connectivity index (χ1) is 10.6. The van der Waals surface area contributed by atoms with Crippen LogP contribution < -0.4 is 10.6 Å². The number of benzene rings is 1.